The fourth-order valence-corrected chi connectivity index (χ4v) is 11.0. The number of aromatic hydroxyl groups is 2. The lowest BCUT2D eigenvalue weighted by Crippen LogP contribution is -2.57. The number of aliphatic hydroxyl groups excluding tert-OH is 1. The van der Waals surface area contributed by atoms with Gasteiger partial charge in [0.1, 0.15) is 29.3 Å². The van der Waals surface area contributed by atoms with Crippen molar-refractivity contribution in [2.24, 2.45) is 10.5 Å². The molecule has 0 aliphatic carbocycles. The van der Waals surface area contributed by atoms with Gasteiger partial charge in [-0.15, -0.1) is 22.7 Å². The molecule has 1 fully saturated rings. The average molecular weight is 1050 g/mol. The van der Waals surface area contributed by atoms with Crippen LogP contribution in [0.5, 0.6) is 17.2 Å². The zero-order chi connectivity index (χ0) is 53.4. The van der Waals surface area contributed by atoms with Gasteiger partial charge in [-0.05, 0) is 140 Å². The molecule has 8 rings (SSSR count). The summed E-state index contributed by atoms with van der Waals surface area (Å²) in [5.74, 6) is -0.928. The molecule has 1 aliphatic heterocycles. The number of rotatable bonds is 19. The predicted octanol–water partition coefficient (Wildman–Crippen LogP) is 9.72. The molecule has 6 N–H and O–H groups in total. The van der Waals surface area contributed by atoms with Gasteiger partial charge in [0.25, 0.3) is 5.91 Å². The lowest BCUT2D eigenvalue weighted by atomic mass is 9.85. The van der Waals surface area contributed by atoms with Crippen LogP contribution in [0.3, 0.4) is 0 Å². The number of amides is 4. The monoisotopic (exact) mass is 1050 g/mol. The van der Waals surface area contributed by atoms with Crippen LogP contribution in [-0.4, -0.2) is 92.2 Å². The van der Waals surface area contributed by atoms with E-state index < -0.39 is 35.4 Å². The summed E-state index contributed by atoms with van der Waals surface area (Å²) in [6.45, 7) is 9.84. The smallest absolute Gasteiger partial charge is 0.271 e. The molecule has 0 radical (unpaired) electrons. The second-order valence-electron chi connectivity index (χ2n) is 19.7. The molecule has 1 saturated heterocycles. The van der Waals surface area contributed by atoms with E-state index in [9.17, 15) is 39.3 Å². The largest absolute Gasteiger partial charge is 0.508 e. The van der Waals surface area contributed by atoms with Crippen molar-refractivity contribution in [3.05, 3.63) is 154 Å². The Kier molecular flexibility index (Phi) is 16.9. The molecular formula is C58H60N6O9S2. The fourth-order valence-electron chi connectivity index (χ4n) is 8.93. The summed E-state index contributed by atoms with van der Waals surface area (Å²) >= 11 is 2.94. The van der Waals surface area contributed by atoms with Gasteiger partial charge in [0.2, 0.25) is 17.7 Å². The van der Waals surface area contributed by atoms with Crippen LogP contribution in [0.2, 0.25) is 0 Å². The zero-order valence-corrected chi connectivity index (χ0v) is 44.0. The number of likely N-dealkylation sites (tertiary alicyclic amines) is 1. The molecule has 0 unspecified atom stereocenters. The Balaban J connectivity index is 0.756. The summed E-state index contributed by atoms with van der Waals surface area (Å²) in [6.07, 6.45) is 2.89. The van der Waals surface area contributed by atoms with E-state index in [1.54, 1.807) is 96.3 Å². The van der Waals surface area contributed by atoms with Gasteiger partial charge in [0.05, 0.1) is 41.0 Å². The molecule has 5 aromatic carbocycles. The molecule has 7 aromatic rings. The van der Waals surface area contributed by atoms with E-state index >= 15 is 0 Å². The molecule has 2 aromatic heterocycles. The second kappa shape index (κ2) is 23.6. The van der Waals surface area contributed by atoms with E-state index in [1.165, 1.54) is 28.5 Å². The van der Waals surface area contributed by atoms with Crippen molar-refractivity contribution in [1.82, 2.24) is 25.9 Å². The number of unbranched alkanes of at least 4 members (excludes halogenated alkanes) is 2. The van der Waals surface area contributed by atoms with E-state index in [0.29, 0.717) is 58.6 Å². The number of hydrazone groups is 1. The van der Waals surface area contributed by atoms with Gasteiger partial charge in [-0.25, -0.2) is 10.4 Å². The zero-order valence-electron chi connectivity index (χ0n) is 42.3. The number of aliphatic hydroxyl groups is 1. The van der Waals surface area contributed by atoms with Crippen molar-refractivity contribution >= 4 is 68.4 Å². The third kappa shape index (κ3) is 13.2. The molecule has 15 nitrogen and oxygen atoms in total. The molecular weight excluding hydrogens is 989 g/mol. The molecule has 0 saturated carbocycles. The van der Waals surface area contributed by atoms with Crippen LogP contribution in [0, 0.1) is 12.3 Å². The molecule has 4 amide bonds. The number of benzene rings is 5. The molecule has 0 spiro atoms. The van der Waals surface area contributed by atoms with Crippen LogP contribution in [0.4, 0.5) is 0 Å². The summed E-state index contributed by atoms with van der Waals surface area (Å²) in [5, 5.41) is 41.3. The van der Waals surface area contributed by atoms with E-state index in [2.05, 4.69) is 26.1 Å². The highest BCUT2D eigenvalue weighted by atomic mass is 32.1. The topological polar surface area (TPSA) is 220 Å². The summed E-state index contributed by atoms with van der Waals surface area (Å²) < 4.78 is 6.66. The van der Waals surface area contributed by atoms with Crippen LogP contribution in [-0.2, 0) is 14.4 Å². The lowest BCUT2D eigenvalue weighted by Gasteiger charge is -2.35. The van der Waals surface area contributed by atoms with Gasteiger partial charge in [-0.1, -0.05) is 57.2 Å². The Morgan fingerprint density at radius 3 is 2.17 bits per heavy atom. The summed E-state index contributed by atoms with van der Waals surface area (Å²) in [6, 6.07) is 30.7. The Morgan fingerprint density at radius 1 is 0.827 bits per heavy atom. The molecule has 1 aliphatic rings. The van der Waals surface area contributed by atoms with E-state index in [0.717, 1.165) is 37.5 Å². The maximum absolute atomic E-state index is 14.1. The van der Waals surface area contributed by atoms with Gasteiger partial charge >= 0.3 is 0 Å². The van der Waals surface area contributed by atoms with Crippen molar-refractivity contribution in [3.63, 3.8) is 0 Å². The van der Waals surface area contributed by atoms with E-state index in [-0.39, 0.29) is 54.5 Å². The number of fused-ring (bicyclic) bond motifs is 1. The number of aryl methyl sites for hydroxylation is 1. The van der Waals surface area contributed by atoms with E-state index in [1.807, 2.05) is 64.4 Å². The maximum atomic E-state index is 14.1. The van der Waals surface area contributed by atoms with Gasteiger partial charge < -0.3 is 35.6 Å². The normalized spacial score (nSPS) is 15.4. The number of carbonyl (C=O) groups is 5. The molecule has 0 bridgehead atoms. The summed E-state index contributed by atoms with van der Waals surface area (Å²) in [5.41, 5.74) is 9.17. The van der Waals surface area contributed by atoms with E-state index in [4.69, 9.17) is 4.74 Å². The lowest BCUT2D eigenvalue weighted by molar-refractivity contribution is -0.144. The first-order valence-electron chi connectivity index (χ1n) is 24.8. The number of β-amino-alcohol motifs (C(OH)–C–C–N with tert-alkyl or cyclic N) is 1. The highest BCUT2D eigenvalue weighted by molar-refractivity contribution is 7.22. The quantitative estimate of drug-likeness (QED) is 0.0195. The number of phenols is 2. The maximum Gasteiger partial charge on any atom is 0.271 e. The number of nitrogens with zero attached hydrogens (tertiary/aromatic N) is 3. The number of ketones is 1. The van der Waals surface area contributed by atoms with Crippen molar-refractivity contribution in [2.75, 3.05) is 13.2 Å². The first-order chi connectivity index (χ1) is 35.9. The van der Waals surface area contributed by atoms with Crippen LogP contribution in [0.1, 0.15) is 109 Å². The third-order valence-electron chi connectivity index (χ3n) is 13.1. The first kappa shape index (κ1) is 53.6. The minimum atomic E-state index is -0.916. The number of hydrogen-bond donors (Lipinski definition) is 6. The van der Waals surface area contributed by atoms with Gasteiger partial charge in [-0.3, -0.25) is 24.0 Å². The molecule has 4 atom stereocenters. The van der Waals surface area contributed by atoms with Gasteiger partial charge in [0.15, 0.2) is 5.78 Å². The summed E-state index contributed by atoms with van der Waals surface area (Å²) in [4.78, 5) is 75.5. The third-order valence-corrected chi connectivity index (χ3v) is 15.3. The van der Waals surface area contributed by atoms with Crippen LogP contribution >= 0.6 is 22.7 Å². The van der Waals surface area contributed by atoms with Crippen molar-refractivity contribution in [3.8, 4) is 38.1 Å². The summed E-state index contributed by atoms with van der Waals surface area (Å²) in [7, 11) is 0. The number of nitrogens with one attached hydrogen (secondary N) is 3. The fraction of sp³-hybridized carbons (Fsp3) is 0.293. The number of thiazole rings is 1. The Bertz CT molecular complexity index is 3200. The Labute approximate surface area is 443 Å². The number of thiophene rings is 1. The number of carbonyl (C=O) groups excluding carboxylic acids is 5. The van der Waals surface area contributed by atoms with Crippen LogP contribution < -0.4 is 20.8 Å². The minimum absolute atomic E-state index is 0.00911. The number of phenolic OH excluding ortho intramolecular Hbond substituents is 2. The van der Waals surface area contributed by atoms with Crippen LogP contribution in [0.25, 0.3) is 31.0 Å². The second-order valence-corrected chi connectivity index (χ2v) is 21.7. The minimum Gasteiger partial charge on any atom is -0.508 e. The number of aromatic nitrogens is 1. The number of hydrogen-bond acceptors (Lipinski definition) is 13. The highest BCUT2D eigenvalue weighted by Gasteiger charge is 2.44. The van der Waals surface area contributed by atoms with Crippen molar-refractivity contribution < 1.29 is 44.0 Å². The van der Waals surface area contributed by atoms with Crippen molar-refractivity contribution in [1.29, 1.82) is 0 Å². The van der Waals surface area contributed by atoms with Crippen molar-refractivity contribution in [2.45, 2.75) is 91.0 Å². The molecule has 388 valence electrons. The predicted molar refractivity (Wildman–Crippen MR) is 292 cm³/mol. The molecule has 17 heteroatoms. The average Bonchev–Trinajstić information content (AvgIpc) is 4.13. The van der Waals surface area contributed by atoms with Crippen LogP contribution in [0.15, 0.2) is 126 Å². The van der Waals surface area contributed by atoms with Gasteiger partial charge in [-0.2, -0.15) is 5.10 Å². The Morgan fingerprint density at radius 2 is 1.49 bits per heavy atom. The molecule has 3 heterocycles. The number of ether oxygens (including phenoxy) is 1. The Hall–Kier alpha value is -7.73. The SMILES string of the molecule is Cc1ncsc1-c1ccc([C@H](C)NC(=O)[C@@H]2C[C@@H](O)CN2C(=O)[C@@H](NC(=O)CCCCCOc2ccc(/C=N/NC(=O)c3ccc(C(=O)c4c(-c5ccc(O)cc5)sc5cc(O)ccc45)cc3)cc2)C(C)(C)C)cc1. The standard InChI is InChI=1S/C58H60N6O9S2/c1-34(37-12-16-39(17-13-37)52-35(2)59-33-74-52)61-56(71)47-29-44(67)32-64(47)57(72)54(58(3,4)5)62-49(68)9-7-6-8-28-73-45-25-10-36(11-26-45)31-60-63-55(70)41-18-14-38(15-19-41)51(69)50-46-27-24-43(66)30-48(46)75-53(50)40-20-22-42(65)23-21-40/h10-27,30-31,33-34,44,47,54,65-67H,6-9,28-29,32H2,1-5H3,(H,61,71)(H,62,68)(H,63,70)/b60-31+/t34-,44+,47-,54+/m0/s1. The first-order valence-corrected chi connectivity index (χ1v) is 26.5. The molecule has 75 heavy (non-hydrogen) atoms. The van der Waals surface area contributed by atoms with Gasteiger partial charge in [0, 0.05) is 51.0 Å². The highest BCUT2D eigenvalue weighted by Crippen LogP contribution is 2.42.